The van der Waals surface area contributed by atoms with Gasteiger partial charge in [-0.15, -0.1) is 0 Å². The monoisotopic (exact) mass is 964 g/mol. The number of nitrogens with two attached hydrogens (primary N) is 1. The van der Waals surface area contributed by atoms with E-state index in [-0.39, 0.29) is 25.3 Å². The largest absolute Gasteiger partial charge is 0.497 e. The van der Waals surface area contributed by atoms with Crippen molar-refractivity contribution < 1.29 is 58.6 Å². The Morgan fingerprint density at radius 1 is 0.924 bits per heavy atom. The Morgan fingerprint density at radius 3 is 2.17 bits per heavy atom. The molecule has 4 amide bonds. The summed E-state index contributed by atoms with van der Waals surface area (Å²) in [5, 5.41) is 11.9. The van der Waals surface area contributed by atoms with Crippen molar-refractivity contribution in [2.24, 2.45) is 11.1 Å². The number of hydrogen-bond donors (Lipinski definition) is 4. The summed E-state index contributed by atoms with van der Waals surface area (Å²) in [6.45, 7) is 9.11. The Bertz CT molecular complexity index is 2320. The predicted molar refractivity (Wildman–Crippen MR) is 243 cm³/mol. The molecule has 66 heavy (non-hydrogen) atoms. The molecule has 2 aromatic rings. The molecule has 7 rings (SSSR count). The third kappa shape index (κ3) is 13.7. The lowest BCUT2D eigenvalue weighted by atomic mass is 10.0. The second kappa shape index (κ2) is 20.5. The highest BCUT2D eigenvalue weighted by Gasteiger charge is 2.62. The van der Waals surface area contributed by atoms with E-state index in [0.717, 1.165) is 63.2 Å². The fraction of sp³-hybridized carbons (Fsp3) is 0.711. The van der Waals surface area contributed by atoms with Gasteiger partial charge in [-0.25, -0.2) is 23.8 Å². The van der Waals surface area contributed by atoms with Crippen LogP contribution in [-0.4, -0.2) is 105 Å². The molecule has 0 bridgehead atoms. The van der Waals surface area contributed by atoms with Crippen molar-refractivity contribution in [3.63, 3.8) is 0 Å². The number of carbonyl (C=O) groups is 4. The molecule has 3 saturated carbocycles. The first-order valence-electron chi connectivity index (χ1n) is 23.3. The molecule has 5 fully saturated rings. The molecule has 368 valence electrons. The van der Waals surface area contributed by atoms with Crippen molar-refractivity contribution in [3.05, 3.63) is 30.5 Å². The fourth-order valence-corrected chi connectivity index (χ4v) is 11.1. The fourth-order valence-electron chi connectivity index (χ4n) is 9.17. The normalized spacial score (nSPS) is 26.1. The lowest BCUT2D eigenvalue weighted by Crippen LogP contribution is -2.58. The van der Waals surface area contributed by atoms with Gasteiger partial charge in [-0.1, -0.05) is 58.8 Å². The molecule has 5 atom stereocenters. The zero-order valence-corrected chi connectivity index (χ0v) is 40.7. The number of fused-ring (bicyclic) bond motifs is 3. The number of hydrogen-bond acceptors (Lipinski definition) is 14. The van der Waals surface area contributed by atoms with E-state index >= 15 is 0 Å². The molecule has 5 aliphatic rings. The van der Waals surface area contributed by atoms with Crippen molar-refractivity contribution in [1.82, 2.24) is 25.2 Å². The van der Waals surface area contributed by atoms with Gasteiger partial charge in [-0.3, -0.25) is 18.6 Å². The smallest absolute Gasteiger partial charge is 0.408 e. The van der Waals surface area contributed by atoms with E-state index in [2.05, 4.69) is 20.3 Å². The number of pyridine rings is 1. The highest BCUT2D eigenvalue weighted by atomic mass is 32.2. The number of alkyl carbamates (subject to hydrolysis) is 1. The van der Waals surface area contributed by atoms with Crippen LogP contribution in [0.4, 0.5) is 4.79 Å². The molecule has 0 radical (unpaired) electrons. The number of carbonyl (C=O) groups excluding carboxylic acids is 4. The minimum absolute atomic E-state index is 0.0119. The van der Waals surface area contributed by atoms with E-state index in [0.29, 0.717) is 55.5 Å². The first-order chi connectivity index (χ1) is 31.0. The zero-order chi connectivity index (χ0) is 48.1. The van der Waals surface area contributed by atoms with Gasteiger partial charge in [0.05, 0.1) is 24.9 Å². The summed E-state index contributed by atoms with van der Waals surface area (Å²) in [6, 6.07) is 5.17. The van der Waals surface area contributed by atoms with Crippen LogP contribution in [0, 0.1) is 5.92 Å². The van der Waals surface area contributed by atoms with Crippen LogP contribution >= 0.6 is 0 Å². The molecule has 0 spiro atoms. The quantitative estimate of drug-likeness (QED) is 0.186. The molecule has 2 saturated heterocycles. The van der Waals surface area contributed by atoms with Crippen molar-refractivity contribution in [1.29, 1.82) is 0 Å². The first-order valence-corrected chi connectivity index (χ1v) is 26.1. The highest BCUT2D eigenvalue weighted by Crippen LogP contribution is 2.49. The van der Waals surface area contributed by atoms with Crippen LogP contribution in [0.3, 0.4) is 0 Å². The number of nitrogens with one attached hydrogen (secondary N) is 3. The van der Waals surface area contributed by atoms with E-state index in [1.54, 1.807) is 40.1 Å². The van der Waals surface area contributed by atoms with Crippen molar-refractivity contribution in [2.45, 2.75) is 184 Å². The van der Waals surface area contributed by atoms with Gasteiger partial charge in [0.15, 0.2) is 0 Å². The van der Waals surface area contributed by atoms with Crippen LogP contribution in [0.5, 0.6) is 11.6 Å². The molecule has 1 aromatic carbocycles. The minimum Gasteiger partial charge on any atom is -0.497 e. The Morgan fingerprint density at radius 2 is 1.56 bits per heavy atom. The number of nitrogens with zero attached hydrogens (tertiary/aromatic N) is 2. The van der Waals surface area contributed by atoms with Gasteiger partial charge in [0.1, 0.15) is 35.1 Å². The topological polar surface area (TPSA) is 261 Å². The Kier molecular flexibility index (Phi) is 15.9. The minimum atomic E-state index is -4.47. The maximum atomic E-state index is 14.5. The molecule has 0 unspecified atom stereocenters. The summed E-state index contributed by atoms with van der Waals surface area (Å²) in [6.07, 6.45) is 11.1. The summed E-state index contributed by atoms with van der Waals surface area (Å²) in [5.41, 5.74) is -3.54. The third-order valence-corrected chi connectivity index (χ3v) is 14.4. The molecule has 19 nitrogen and oxygen atoms in total. The lowest BCUT2D eigenvalue weighted by molar-refractivity contribution is -0.141. The van der Waals surface area contributed by atoms with Crippen LogP contribution in [0.2, 0.25) is 0 Å². The van der Waals surface area contributed by atoms with Crippen LogP contribution < -0.4 is 30.0 Å². The molecular weight excluding hydrogens is 897 g/mol. The summed E-state index contributed by atoms with van der Waals surface area (Å²) < 4.78 is 76.9. The average molecular weight is 965 g/mol. The van der Waals surface area contributed by atoms with E-state index in [1.165, 1.54) is 4.90 Å². The molecule has 2 aliphatic heterocycles. The maximum Gasteiger partial charge on any atom is 0.408 e. The number of ether oxygens (including phenoxy) is 3. The van der Waals surface area contributed by atoms with Gasteiger partial charge in [0.2, 0.25) is 17.7 Å². The molecule has 1 aromatic heterocycles. The number of rotatable bonds is 14. The number of amides is 4. The zero-order valence-electron chi connectivity index (χ0n) is 39.0. The molecule has 3 aliphatic carbocycles. The molecular formula is C45H68N6O13S2. The summed E-state index contributed by atoms with van der Waals surface area (Å²) in [4.78, 5) is 61.7. The number of aromatic nitrogens is 1. The van der Waals surface area contributed by atoms with Crippen LogP contribution in [0.15, 0.2) is 30.5 Å². The first kappa shape index (κ1) is 51.1. The van der Waals surface area contributed by atoms with Crippen LogP contribution in [0.1, 0.15) is 144 Å². The van der Waals surface area contributed by atoms with E-state index in [1.807, 2.05) is 32.0 Å². The van der Waals surface area contributed by atoms with Gasteiger partial charge in [-0.05, 0) is 114 Å². The van der Waals surface area contributed by atoms with E-state index < -0.39 is 85.0 Å². The van der Waals surface area contributed by atoms with Crippen molar-refractivity contribution in [2.75, 3.05) is 13.7 Å². The average Bonchev–Trinajstić information content (AvgIpc) is 4.19. The Labute approximate surface area is 388 Å². The van der Waals surface area contributed by atoms with Gasteiger partial charge >= 0.3 is 26.7 Å². The number of benzene rings is 1. The Balaban J connectivity index is 0.000000574. The summed E-state index contributed by atoms with van der Waals surface area (Å²) in [7, 11) is -6.63. The molecule has 21 heteroatoms. The lowest BCUT2D eigenvalue weighted by Gasteiger charge is -2.30. The van der Waals surface area contributed by atoms with E-state index in [4.69, 9.17) is 27.7 Å². The highest BCUT2D eigenvalue weighted by molar-refractivity contribution is 7.85. The molecule has 5 N–H and O–H groups in total. The van der Waals surface area contributed by atoms with Gasteiger partial charge in [0, 0.05) is 18.0 Å². The van der Waals surface area contributed by atoms with E-state index in [9.17, 15) is 36.0 Å². The third-order valence-electron chi connectivity index (χ3n) is 12.8. The van der Waals surface area contributed by atoms with Gasteiger partial charge in [-0.2, -0.15) is 16.8 Å². The Hall–Kier alpha value is -4.31. The maximum absolute atomic E-state index is 14.5. The predicted octanol–water partition coefficient (Wildman–Crippen LogP) is 5.35. The standard InChI is InChI=1S/C39H55N5O10S.C6H13NO3S/c1-6-17-38(18-19-38)54-55(49,50)43-35(47)39-23-26(39)12-10-8-7-9-11-13-30(41-36(48)53-37(2,3)4)34(46)44-24-28(22-31(44)32(45)42-39)52-33-29-15-14-27(51-5)21-25(29)16-20-40-33;1-2-3-6(4-5-6)10-11(7,8)9/h14-16,20-21,26,28,30-31H,6-13,17-19,22-24H2,1-5H3,(H,41,48)(H,42,45)(H,43,47);2-5H2,1H3,(H2,7,8,9)/t26-,28-,30+,31+,39-;/m1./s1. The molecule has 3 heterocycles. The van der Waals surface area contributed by atoms with Gasteiger partial charge < -0.3 is 29.7 Å². The second-order valence-corrected chi connectivity index (χ2v) is 21.9. The summed E-state index contributed by atoms with van der Waals surface area (Å²) >= 11 is 0. The SMILES string of the molecule is CCCC1(OS(=O)(=O)NC(=O)[C@@]23C[C@H]2CCCCCCC[C@H](NC(=O)OC(C)(C)C)C(=O)N2C[C@H](Oc4nccc5cc(OC)ccc45)C[C@H]2C(=O)N3)CC1.CCCC1(OS(N)(=O)=O)CC1. The van der Waals surface area contributed by atoms with Crippen LogP contribution in [-0.2, 0) is 48.1 Å². The van der Waals surface area contributed by atoms with Crippen molar-refractivity contribution >= 4 is 55.2 Å². The second-order valence-electron chi connectivity index (χ2n) is 19.5. The van der Waals surface area contributed by atoms with Crippen LogP contribution in [0.25, 0.3) is 10.8 Å². The van der Waals surface area contributed by atoms with Crippen molar-refractivity contribution in [3.8, 4) is 11.6 Å². The summed E-state index contributed by atoms with van der Waals surface area (Å²) in [5.74, 6) is -1.31. The number of methoxy groups -OCH3 is 1. The van der Waals surface area contributed by atoms with Gasteiger partial charge in [0.25, 0.3) is 5.91 Å².